The molecular weight excluding hydrogens is 320 g/mol. The van der Waals surface area contributed by atoms with Crippen molar-refractivity contribution in [2.24, 2.45) is 0 Å². The molecule has 5 nitrogen and oxygen atoms in total. The molecule has 0 fully saturated rings. The average Bonchev–Trinajstić information content (AvgIpc) is 2.59. The van der Waals surface area contributed by atoms with E-state index < -0.39 is 5.97 Å². The van der Waals surface area contributed by atoms with E-state index in [0.29, 0.717) is 27.8 Å². The highest BCUT2D eigenvalue weighted by atomic mass is 35.5. The Bertz CT molecular complexity index is 682. The second-order valence-corrected chi connectivity index (χ2v) is 5.01. The average molecular weight is 337 g/mol. The summed E-state index contributed by atoms with van der Waals surface area (Å²) in [5, 5.41) is 0.623. The fraction of sp³-hybridized carbons (Fsp3) is 0.235. The summed E-state index contributed by atoms with van der Waals surface area (Å²) in [6, 6.07) is 10.7. The van der Waals surface area contributed by atoms with Gasteiger partial charge in [-0.3, -0.25) is 0 Å². The number of benzene rings is 2. The van der Waals surface area contributed by atoms with Gasteiger partial charge in [-0.1, -0.05) is 23.7 Å². The Hall–Kier alpha value is -2.40. The highest BCUT2D eigenvalue weighted by Gasteiger charge is 2.17. The van der Waals surface area contributed by atoms with E-state index >= 15 is 0 Å². The van der Waals surface area contributed by atoms with Crippen LogP contribution in [0.1, 0.15) is 0 Å². The topological polar surface area (TPSA) is 54.0 Å². The molecule has 0 spiro atoms. The number of methoxy groups -OCH3 is 3. The van der Waals surface area contributed by atoms with Crippen LogP contribution >= 0.6 is 11.6 Å². The summed E-state index contributed by atoms with van der Waals surface area (Å²) in [7, 11) is 4.40. The number of halogens is 1. The van der Waals surface area contributed by atoms with Crippen molar-refractivity contribution < 1.29 is 23.7 Å². The van der Waals surface area contributed by atoms with Gasteiger partial charge in [-0.15, -0.1) is 0 Å². The lowest BCUT2D eigenvalue weighted by Gasteiger charge is -2.16. The summed E-state index contributed by atoms with van der Waals surface area (Å²) >= 11 is 5.94. The molecule has 6 heteroatoms. The molecular formula is C17H17ClO5. The molecule has 2 aromatic carbocycles. The molecule has 0 aromatic heterocycles. The zero-order valence-corrected chi connectivity index (χ0v) is 13.8. The number of hydrogen-bond donors (Lipinski definition) is 0. The third kappa shape index (κ3) is 4.07. The Morgan fingerprint density at radius 1 is 1.00 bits per heavy atom. The highest BCUT2D eigenvalue weighted by molar-refractivity contribution is 6.30. The lowest BCUT2D eigenvalue weighted by atomic mass is 10.0. The largest absolute Gasteiger partial charge is 0.496 e. The molecule has 0 aliphatic rings. The maximum atomic E-state index is 11.4. The van der Waals surface area contributed by atoms with Gasteiger partial charge >= 0.3 is 5.97 Å². The van der Waals surface area contributed by atoms with Gasteiger partial charge < -0.3 is 18.9 Å². The SMILES string of the molecule is COC(=O)COc1cc(OC)cc(OC)c1-c1ccc(Cl)cc1. The minimum Gasteiger partial charge on any atom is -0.496 e. The van der Waals surface area contributed by atoms with E-state index in [-0.39, 0.29) is 6.61 Å². The molecule has 122 valence electrons. The van der Waals surface area contributed by atoms with Crippen LogP contribution in [0.5, 0.6) is 17.2 Å². The monoisotopic (exact) mass is 336 g/mol. The first-order valence-corrected chi connectivity index (χ1v) is 7.18. The summed E-state index contributed by atoms with van der Waals surface area (Å²) in [5.41, 5.74) is 1.54. The van der Waals surface area contributed by atoms with E-state index in [1.54, 1.807) is 38.5 Å². The highest BCUT2D eigenvalue weighted by Crippen LogP contribution is 2.42. The van der Waals surface area contributed by atoms with Crippen LogP contribution in [-0.2, 0) is 9.53 Å². The molecule has 2 rings (SSSR count). The van der Waals surface area contributed by atoms with Crippen molar-refractivity contribution >= 4 is 17.6 Å². The molecule has 0 saturated heterocycles. The first kappa shape index (κ1) is 17.0. The van der Waals surface area contributed by atoms with Crippen LogP contribution in [0.2, 0.25) is 5.02 Å². The molecule has 0 unspecified atom stereocenters. The van der Waals surface area contributed by atoms with Crippen molar-refractivity contribution in [3.05, 3.63) is 41.4 Å². The maximum absolute atomic E-state index is 11.4. The van der Waals surface area contributed by atoms with Gasteiger partial charge in [0.2, 0.25) is 0 Å². The molecule has 23 heavy (non-hydrogen) atoms. The van der Waals surface area contributed by atoms with Gasteiger partial charge in [-0.05, 0) is 17.7 Å². The van der Waals surface area contributed by atoms with Gasteiger partial charge in [0.1, 0.15) is 17.2 Å². The maximum Gasteiger partial charge on any atom is 0.343 e. The minimum absolute atomic E-state index is 0.215. The lowest BCUT2D eigenvalue weighted by Crippen LogP contribution is -2.13. The van der Waals surface area contributed by atoms with Gasteiger partial charge in [-0.2, -0.15) is 0 Å². The second kappa shape index (κ2) is 7.74. The van der Waals surface area contributed by atoms with Gasteiger partial charge in [0.05, 0.1) is 26.9 Å². The fourth-order valence-electron chi connectivity index (χ4n) is 2.06. The van der Waals surface area contributed by atoms with Crippen molar-refractivity contribution in [1.82, 2.24) is 0 Å². The number of ether oxygens (including phenoxy) is 4. The second-order valence-electron chi connectivity index (χ2n) is 4.57. The minimum atomic E-state index is -0.478. The molecule has 0 bridgehead atoms. The van der Waals surface area contributed by atoms with E-state index in [9.17, 15) is 4.79 Å². The molecule has 0 radical (unpaired) electrons. The van der Waals surface area contributed by atoms with Crippen LogP contribution in [0, 0.1) is 0 Å². The summed E-state index contributed by atoms with van der Waals surface area (Å²) in [6.07, 6.45) is 0. The van der Waals surface area contributed by atoms with Crippen LogP contribution in [0.4, 0.5) is 0 Å². The normalized spacial score (nSPS) is 10.1. The number of carbonyl (C=O) groups is 1. The van der Waals surface area contributed by atoms with Crippen LogP contribution in [0.3, 0.4) is 0 Å². The van der Waals surface area contributed by atoms with Gasteiger partial charge in [-0.25, -0.2) is 4.79 Å². The summed E-state index contributed by atoms with van der Waals surface area (Å²) in [6.45, 7) is -0.215. The van der Waals surface area contributed by atoms with Crippen LogP contribution in [0.25, 0.3) is 11.1 Å². The van der Waals surface area contributed by atoms with Gasteiger partial charge in [0.15, 0.2) is 6.61 Å². The molecule has 0 heterocycles. The summed E-state index contributed by atoms with van der Waals surface area (Å²) in [4.78, 5) is 11.4. The van der Waals surface area contributed by atoms with E-state index in [0.717, 1.165) is 5.56 Å². The van der Waals surface area contributed by atoms with Crippen LogP contribution in [0.15, 0.2) is 36.4 Å². The predicted molar refractivity (Wildman–Crippen MR) is 87.5 cm³/mol. The zero-order chi connectivity index (χ0) is 16.8. The molecule has 0 saturated carbocycles. The van der Waals surface area contributed by atoms with Crippen molar-refractivity contribution in [2.75, 3.05) is 27.9 Å². The van der Waals surface area contributed by atoms with Gasteiger partial charge in [0, 0.05) is 17.2 Å². The summed E-state index contributed by atoms with van der Waals surface area (Å²) < 4.78 is 20.9. The molecule has 0 N–H and O–H groups in total. The lowest BCUT2D eigenvalue weighted by molar-refractivity contribution is -0.142. The Balaban J connectivity index is 2.51. The van der Waals surface area contributed by atoms with E-state index in [1.807, 2.05) is 12.1 Å². The van der Waals surface area contributed by atoms with Crippen molar-refractivity contribution in [3.8, 4) is 28.4 Å². The van der Waals surface area contributed by atoms with E-state index in [4.69, 9.17) is 25.8 Å². The Kier molecular flexibility index (Phi) is 5.71. The van der Waals surface area contributed by atoms with Crippen LogP contribution < -0.4 is 14.2 Å². The number of rotatable bonds is 6. The Morgan fingerprint density at radius 3 is 2.22 bits per heavy atom. The number of carbonyl (C=O) groups excluding carboxylic acids is 1. The predicted octanol–water partition coefficient (Wildman–Crippen LogP) is 3.58. The third-order valence-electron chi connectivity index (χ3n) is 3.20. The molecule has 0 amide bonds. The first-order chi connectivity index (χ1) is 11.1. The Morgan fingerprint density at radius 2 is 1.65 bits per heavy atom. The third-order valence-corrected chi connectivity index (χ3v) is 3.45. The standard InChI is InChI=1S/C17H17ClO5/c1-20-13-8-14(21-2)17(11-4-6-12(18)7-5-11)15(9-13)23-10-16(19)22-3/h4-9H,10H2,1-3H3. The molecule has 0 aliphatic carbocycles. The number of hydrogen-bond acceptors (Lipinski definition) is 5. The fourth-order valence-corrected chi connectivity index (χ4v) is 2.18. The quantitative estimate of drug-likeness (QED) is 0.755. The van der Waals surface area contributed by atoms with Crippen molar-refractivity contribution in [3.63, 3.8) is 0 Å². The van der Waals surface area contributed by atoms with Crippen molar-refractivity contribution in [1.29, 1.82) is 0 Å². The number of esters is 1. The molecule has 0 aliphatic heterocycles. The zero-order valence-electron chi connectivity index (χ0n) is 13.1. The van der Waals surface area contributed by atoms with Gasteiger partial charge in [0.25, 0.3) is 0 Å². The van der Waals surface area contributed by atoms with E-state index in [2.05, 4.69) is 4.74 Å². The van der Waals surface area contributed by atoms with Crippen molar-refractivity contribution in [2.45, 2.75) is 0 Å². The van der Waals surface area contributed by atoms with E-state index in [1.165, 1.54) is 7.11 Å². The molecule has 0 atom stereocenters. The first-order valence-electron chi connectivity index (χ1n) is 6.80. The Labute approximate surface area is 139 Å². The van der Waals surface area contributed by atoms with Crippen LogP contribution in [-0.4, -0.2) is 33.9 Å². The summed E-state index contributed by atoms with van der Waals surface area (Å²) in [5.74, 6) is 1.09. The molecule has 2 aromatic rings. The smallest absolute Gasteiger partial charge is 0.343 e.